The lowest BCUT2D eigenvalue weighted by molar-refractivity contribution is 0.0448. The largest absolute Gasteiger partial charge is 0.391 e. The molecule has 10 nitrogen and oxygen atoms in total. The fourth-order valence-electron chi connectivity index (χ4n) is 3.82. The molecule has 1 amide bonds. The number of benzene rings is 1. The van der Waals surface area contributed by atoms with Crippen molar-refractivity contribution in [1.29, 1.82) is 0 Å². The fourth-order valence-corrected chi connectivity index (χ4v) is 3.82. The van der Waals surface area contributed by atoms with Crippen LogP contribution >= 0.6 is 0 Å². The maximum absolute atomic E-state index is 13.7. The second kappa shape index (κ2) is 8.60. The smallest absolute Gasteiger partial charge is 0.278 e. The Morgan fingerprint density at radius 2 is 2.06 bits per heavy atom. The number of halogens is 1. The monoisotopic (exact) mass is 463 g/mol. The number of nitrogens with one attached hydrogen (secondary N) is 3. The zero-order chi connectivity index (χ0) is 23.8. The van der Waals surface area contributed by atoms with Gasteiger partial charge in [0.05, 0.1) is 24.0 Å². The number of amides is 1. The Bertz CT molecular complexity index is 1450. The van der Waals surface area contributed by atoms with Gasteiger partial charge in [0.25, 0.3) is 11.5 Å². The molecule has 0 unspecified atom stereocenters. The molecule has 1 fully saturated rings. The number of aromatic nitrogens is 4. The first kappa shape index (κ1) is 21.6. The van der Waals surface area contributed by atoms with Crippen molar-refractivity contribution >= 4 is 28.9 Å². The third-order valence-corrected chi connectivity index (χ3v) is 5.82. The molecule has 4 N–H and O–H groups in total. The summed E-state index contributed by atoms with van der Waals surface area (Å²) in [6.07, 6.45) is 3.76. The number of rotatable bonds is 6. The second-order valence-corrected chi connectivity index (χ2v) is 8.00. The first-order valence-corrected chi connectivity index (χ1v) is 10.7. The van der Waals surface area contributed by atoms with Gasteiger partial charge in [-0.25, -0.2) is 9.37 Å². The Morgan fingerprint density at radius 3 is 2.76 bits per heavy atom. The Balaban J connectivity index is 1.50. The number of aliphatic hydroxyl groups excluding tert-OH is 1. The predicted octanol–water partition coefficient (Wildman–Crippen LogP) is 2.06. The van der Waals surface area contributed by atoms with Crippen molar-refractivity contribution in [2.45, 2.75) is 25.0 Å². The van der Waals surface area contributed by atoms with Gasteiger partial charge in [-0.3, -0.25) is 14.2 Å². The van der Waals surface area contributed by atoms with Gasteiger partial charge in [0.15, 0.2) is 5.65 Å². The van der Waals surface area contributed by atoms with E-state index in [1.807, 2.05) is 0 Å². The van der Waals surface area contributed by atoms with E-state index >= 15 is 0 Å². The Morgan fingerprint density at radius 1 is 1.21 bits per heavy atom. The zero-order valence-corrected chi connectivity index (χ0v) is 18.2. The molecule has 1 aliphatic carbocycles. The number of hydrogen-bond donors (Lipinski definition) is 4. The summed E-state index contributed by atoms with van der Waals surface area (Å²) in [5, 5.41) is 22.8. The highest BCUT2D eigenvalue weighted by molar-refractivity contribution is 6.00. The molecule has 0 radical (unpaired) electrons. The topological polar surface area (TPSA) is 126 Å². The number of pyridine rings is 1. The highest BCUT2D eigenvalue weighted by Crippen LogP contribution is 2.23. The van der Waals surface area contributed by atoms with Gasteiger partial charge in [-0.2, -0.15) is 9.61 Å². The van der Waals surface area contributed by atoms with Crippen molar-refractivity contribution in [2.75, 3.05) is 17.7 Å². The van der Waals surface area contributed by atoms with Crippen LogP contribution in [0, 0.1) is 5.82 Å². The molecule has 4 aromatic rings. The highest BCUT2D eigenvalue weighted by atomic mass is 19.1. The highest BCUT2D eigenvalue weighted by Gasteiger charge is 2.31. The predicted molar refractivity (Wildman–Crippen MR) is 124 cm³/mol. The van der Waals surface area contributed by atoms with Crippen molar-refractivity contribution in [1.82, 2.24) is 24.5 Å². The molecular formula is C23H22FN7O3. The minimum Gasteiger partial charge on any atom is -0.391 e. The number of hydrogen-bond acceptors (Lipinski definition) is 7. The third kappa shape index (κ3) is 3.86. The molecule has 174 valence electrons. The molecule has 1 saturated carbocycles. The third-order valence-electron chi connectivity index (χ3n) is 5.82. The van der Waals surface area contributed by atoms with Crippen LogP contribution in [0.15, 0.2) is 59.7 Å². The molecule has 2 atom stereocenters. The lowest BCUT2D eigenvalue weighted by Crippen LogP contribution is -2.50. The summed E-state index contributed by atoms with van der Waals surface area (Å²) < 4.78 is 16.5. The van der Waals surface area contributed by atoms with Crippen LogP contribution in [0.1, 0.15) is 23.2 Å². The molecule has 11 heteroatoms. The maximum Gasteiger partial charge on any atom is 0.278 e. The van der Waals surface area contributed by atoms with Crippen LogP contribution < -0.4 is 21.5 Å². The van der Waals surface area contributed by atoms with Crippen molar-refractivity contribution in [3.63, 3.8) is 0 Å². The summed E-state index contributed by atoms with van der Waals surface area (Å²) in [6.45, 7) is 0. The molecule has 3 heterocycles. The summed E-state index contributed by atoms with van der Waals surface area (Å²) in [5.74, 6) is 0.00825. The molecule has 0 saturated heterocycles. The van der Waals surface area contributed by atoms with Crippen LogP contribution in [0.5, 0.6) is 0 Å². The standard InChI is InChI=1S/C23H22FN7O3/c1-25-20-11-19(27-17-6-3-9-30(23(17)34)14-5-2-4-13(24)10-14)29-21-15(12-26-31(20)21)22(33)28-16-7-8-18(16)32/h2-6,9-12,16,18,25,32H,7-8H2,1H3,(H,27,29)(H,28,33)/t16-,18-/m0/s1. The van der Waals surface area contributed by atoms with E-state index in [1.54, 1.807) is 37.5 Å². The normalized spacial score (nSPS) is 17.3. The van der Waals surface area contributed by atoms with E-state index in [4.69, 9.17) is 0 Å². The van der Waals surface area contributed by atoms with Crippen molar-refractivity contribution in [3.8, 4) is 5.69 Å². The van der Waals surface area contributed by atoms with Gasteiger partial charge in [0, 0.05) is 19.3 Å². The molecule has 34 heavy (non-hydrogen) atoms. The molecule has 1 aliphatic rings. The maximum atomic E-state index is 13.7. The van der Waals surface area contributed by atoms with E-state index in [1.165, 1.54) is 33.5 Å². The van der Waals surface area contributed by atoms with Gasteiger partial charge < -0.3 is 21.1 Å². The molecule has 1 aromatic carbocycles. The van der Waals surface area contributed by atoms with E-state index < -0.39 is 23.4 Å². The van der Waals surface area contributed by atoms with Gasteiger partial charge in [-0.15, -0.1) is 0 Å². The minimum atomic E-state index is -0.554. The van der Waals surface area contributed by atoms with E-state index in [9.17, 15) is 19.1 Å². The SMILES string of the molecule is CNc1cc(Nc2cccn(-c3cccc(F)c3)c2=O)nc2c(C(=O)N[C@H]3CC[C@@H]3O)cnn12. The van der Waals surface area contributed by atoms with Gasteiger partial charge in [0.1, 0.15) is 28.7 Å². The van der Waals surface area contributed by atoms with Crippen molar-refractivity contribution in [2.24, 2.45) is 0 Å². The number of nitrogens with zero attached hydrogens (tertiary/aromatic N) is 4. The van der Waals surface area contributed by atoms with Crippen LogP contribution in [0.2, 0.25) is 0 Å². The molecule has 0 aliphatic heterocycles. The molecule has 5 rings (SSSR count). The number of anilines is 3. The van der Waals surface area contributed by atoms with E-state index in [0.29, 0.717) is 30.2 Å². The molecule has 0 bridgehead atoms. The van der Waals surface area contributed by atoms with Crippen molar-refractivity contribution in [3.05, 3.63) is 76.6 Å². The number of carbonyl (C=O) groups is 1. The quantitative estimate of drug-likeness (QED) is 0.345. The summed E-state index contributed by atoms with van der Waals surface area (Å²) in [5.41, 5.74) is 0.729. The Kier molecular flexibility index (Phi) is 5.46. The van der Waals surface area contributed by atoms with Gasteiger partial charge in [-0.1, -0.05) is 6.07 Å². The van der Waals surface area contributed by atoms with E-state index in [-0.39, 0.29) is 22.9 Å². The van der Waals surface area contributed by atoms with E-state index in [0.717, 1.165) is 0 Å². The van der Waals surface area contributed by atoms with Crippen LogP contribution in [0.4, 0.5) is 21.7 Å². The number of fused-ring (bicyclic) bond motifs is 1. The Hall–Kier alpha value is -4.25. The molecular weight excluding hydrogens is 441 g/mol. The van der Waals surface area contributed by atoms with Crippen molar-refractivity contribution < 1.29 is 14.3 Å². The second-order valence-electron chi connectivity index (χ2n) is 8.00. The van der Waals surface area contributed by atoms with E-state index in [2.05, 4.69) is 26.0 Å². The number of aliphatic hydroxyl groups is 1. The average Bonchev–Trinajstić information content (AvgIpc) is 3.26. The van der Waals surface area contributed by atoms with Crippen LogP contribution in [0.25, 0.3) is 11.3 Å². The first-order valence-electron chi connectivity index (χ1n) is 10.7. The summed E-state index contributed by atoms with van der Waals surface area (Å²) >= 11 is 0. The summed E-state index contributed by atoms with van der Waals surface area (Å²) in [4.78, 5) is 30.3. The number of carbonyl (C=O) groups excluding carboxylic acids is 1. The first-order chi connectivity index (χ1) is 16.4. The fraction of sp³-hybridized carbons (Fsp3) is 0.217. The summed E-state index contributed by atoms with van der Waals surface area (Å²) in [6, 6.07) is 10.3. The van der Waals surface area contributed by atoms with Gasteiger partial charge in [-0.05, 0) is 43.2 Å². The molecule has 0 spiro atoms. The lowest BCUT2D eigenvalue weighted by atomic mass is 9.89. The average molecular weight is 463 g/mol. The van der Waals surface area contributed by atoms with Gasteiger partial charge >= 0.3 is 0 Å². The van der Waals surface area contributed by atoms with Gasteiger partial charge in [0.2, 0.25) is 0 Å². The van der Waals surface area contributed by atoms with Crippen LogP contribution in [-0.2, 0) is 0 Å². The minimum absolute atomic E-state index is 0.216. The lowest BCUT2D eigenvalue weighted by Gasteiger charge is -2.32. The Labute approximate surface area is 193 Å². The van der Waals surface area contributed by atoms with Crippen LogP contribution in [-0.4, -0.2) is 49.4 Å². The van der Waals surface area contributed by atoms with Crippen LogP contribution in [0.3, 0.4) is 0 Å². The molecule has 3 aromatic heterocycles. The zero-order valence-electron chi connectivity index (χ0n) is 18.2. The summed E-state index contributed by atoms with van der Waals surface area (Å²) in [7, 11) is 1.70.